The molecule has 0 aliphatic heterocycles. The molecule has 0 radical (unpaired) electrons. The highest BCUT2D eigenvalue weighted by Crippen LogP contribution is 2.10. The fraction of sp³-hybridized carbons (Fsp3) is 0.500. The van der Waals surface area contributed by atoms with Crippen LogP contribution < -0.4 is 11.1 Å². The maximum Gasteiger partial charge on any atom is 0.226 e. The highest BCUT2D eigenvalue weighted by Gasteiger charge is 2.04. The highest BCUT2D eigenvalue weighted by atomic mass is 32.1. The van der Waals surface area contributed by atoms with Gasteiger partial charge >= 0.3 is 0 Å². The van der Waals surface area contributed by atoms with E-state index in [1.54, 1.807) is 6.20 Å². The van der Waals surface area contributed by atoms with Gasteiger partial charge in [-0.25, -0.2) is 4.98 Å². The molecule has 4 nitrogen and oxygen atoms in total. The zero-order chi connectivity index (χ0) is 9.68. The first-order chi connectivity index (χ1) is 6.18. The van der Waals surface area contributed by atoms with E-state index in [9.17, 15) is 4.79 Å². The number of nitrogens with two attached hydrogens (primary N) is 1. The summed E-state index contributed by atoms with van der Waals surface area (Å²) in [6.45, 7) is 1.89. The van der Waals surface area contributed by atoms with Crippen molar-refractivity contribution in [3.63, 3.8) is 0 Å². The third-order valence-electron chi connectivity index (χ3n) is 1.51. The Kier molecular flexibility index (Phi) is 3.85. The fourth-order valence-corrected chi connectivity index (χ4v) is 1.37. The minimum absolute atomic E-state index is 0.0211. The number of carbonyl (C=O) groups is 1. The lowest BCUT2D eigenvalue weighted by Gasteiger charge is -2.03. The molecule has 1 atom stereocenters. The van der Waals surface area contributed by atoms with E-state index in [2.05, 4.69) is 10.3 Å². The SMILES string of the molecule is CC(N)CCC(=O)Nc1nccs1. The van der Waals surface area contributed by atoms with E-state index in [1.165, 1.54) is 11.3 Å². The predicted octanol–water partition coefficient (Wildman–Crippen LogP) is 1.21. The lowest BCUT2D eigenvalue weighted by atomic mass is 10.2. The number of carbonyl (C=O) groups excluding carboxylic acids is 1. The topological polar surface area (TPSA) is 68.0 Å². The minimum atomic E-state index is -0.0211. The van der Waals surface area contributed by atoms with Crippen LogP contribution in [0.1, 0.15) is 19.8 Å². The van der Waals surface area contributed by atoms with Crippen LogP contribution in [0.4, 0.5) is 5.13 Å². The monoisotopic (exact) mass is 199 g/mol. The Labute approximate surface area is 81.2 Å². The molecule has 1 aromatic rings. The van der Waals surface area contributed by atoms with Gasteiger partial charge in [-0.2, -0.15) is 0 Å². The molecule has 0 saturated heterocycles. The van der Waals surface area contributed by atoms with Crippen LogP contribution in [0.2, 0.25) is 0 Å². The summed E-state index contributed by atoms with van der Waals surface area (Å²) in [7, 11) is 0. The molecule has 3 N–H and O–H groups in total. The minimum Gasteiger partial charge on any atom is -0.328 e. The normalized spacial score (nSPS) is 12.5. The summed E-state index contributed by atoms with van der Waals surface area (Å²) in [5.74, 6) is -0.0211. The number of hydrogen-bond acceptors (Lipinski definition) is 4. The zero-order valence-electron chi connectivity index (χ0n) is 7.49. The van der Waals surface area contributed by atoms with E-state index < -0.39 is 0 Å². The molecule has 1 aromatic heterocycles. The lowest BCUT2D eigenvalue weighted by Crippen LogP contribution is -2.19. The summed E-state index contributed by atoms with van der Waals surface area (Å²) < 4.78 is 0. The summed E-state index contributed by atoms with van der Waals surface area (Å²) in [6, 6.07) is 0.0713. The van der Waals surface area contributed by atoms with Gasteiger partial charge < -0.3 is 11.1 Å². The second kappa shape index (κ2) is 4.94. The molecule has 0 spiro atoms. The molecule has 5 heteroatoms. The maximum absolute atomic E-state index is 11.2. The lowest BCUT2D eigenvalue weighted by molar-refractivity contribution is -0.116. The van der Waals surface area contributed by atoms with Crippen molar-refractivity contribution in [1.82, 2.24) is 4.98 Å². The number of nitrogens with one attached hydrogen (secondary N) is 1. The predicted molar refractivity (Wildman–Crippen MR) is 53.6 cm³/mol. The first-order valence-electron chi connectivity index (χ1n) is 4.13. The van der Waals surface area contributed by atoms with Gasteiger partial charge in [0.2, 0.25) is 5.91 Å². The quantitative estimate of drug-likeness (QED) is 0.765. The maximum atomic E-state index is 11.2. The van der Waals surface area contributed by atoms with Crippen LogP contribution in [-0.2, 0) is 4.79 Å². The standard InChI is InChI=1S/C8H13N3OS/c1-6(9)2-3-7(12)11-8-10-4-5-13-8/h4-6H,2-3,9H2,1H3,(H,10,11,12). The zero-order valence-corrected chi connectivity index (χ0v) is 8.30. The largest absolute Gasteiger partial charge is 0.328 e. The molecule has 1 heterocycles. The smallest absolute Gasteiger partial charge is 0.226 e. The second-order valence-electron chi connectivity index (χ2n) is 2.90. The molecule has 0 fully saturated rings. The van der Waals surface area contributed by atoms with Crippen LogP contribution in [0.15, 0.2) is 11.6 Å². The first kappa shape index (κ1) is 10.1. The van der Waals surface area contributed by atoms with Crippen LogP contribution in [-0.4, -0.2) is 16.9 Å². The van der Waals surface area contributed by atoms with Gasteiger partial charge in [0.25, 0.3) is 0 Å². The van der Waals surface area contributed by atoms with Crippen molar-refractivity contribution in [3.8, 4) is 0 Å². The van der Waals surface area contributed by atoms with Crippen LogP contribution in [0.25, 0.3) is 0 Å². The molecule has 0 bridgehead atoms. The van der Waals surface area contributed by atoms with Gasteiger partial charge in [0.05, 0.1) is 0 Å². The van der Waals surface area contributed by atoms with Crippen molar-refractivity contribution in [1.29, 1.82) is 0 Å². The van der Waals surface area contributed by atoms with Crippen molar-refractivity contribution < 1.29 is 4.79 Å². The number of hydrogen-bond donors (Lipinski definition) is 2. The van der Waals surface area contributed by atoms with Gasteiger partial charge in [0.15, 0.2) is 5.13 Å². The van der Waals surface area contributed by atoms with E-state index in [0.717, 1.165) is 0 Å². The highest BCUT2D eigenvalue weighted by molar-refractivity contribution is 7.13. The average Bonchev–Trinajstić information content (AvgIpc) is 2.53. The third-order valence-corrected chi connectivity index (χ3v) is 2.19. The van der Waals surface area contributed by atoms with Crippen LogP contribution in [0.5, 0.6) is 0 Å². The van der Waals surface area contributed by atoms with Crippen molar-refractivity contribution in [2.45, 2.75) is 25.8 Å². The number of thiazole rings is 1. The van der Waals surface area contributed by atoms with Gasteiger partial charge in [-0.05, 0) is 13.3 Å². The average molecular weight is 199 g/mol. The molecule has 0 saturated carbocycles. The Morgan fingerprint density at radius 3 is 3.15 bits per heavy atom. The van der Waals surface area contributed by atoms with E-state index in [-0.39, 0.29) is 11.9 Å². The van der Waals surface area contributed by atoms with Crippen molar-refractivity contribution in [2.75, 3.05) is 5.32 Å². The Hall–Kier alpha value is -0.940. The van der Waals surface area contributed by atoms with E-state index in [4.69, 9.17) is 5.73 Å². The summed E-state index contributed by atoms with van der Waals surface area (Å²) in [5, 5.41) is 5.16. The molecule has 1 rings (SSSR count). The molecule has 1 amide bonds. The third kappa shape index (κ3) is 4.00. The molecule has 13 heavy (non-hydrogen) atoms. The van der Waals surface area contributed by atoms with E-state index >= 15 is 0 Å². The molecule has 0 aliphatic rings. The number of anilines is 1. The second-order valence-corrected chi connectivity index (χ2v) is 3.80. The van der Waals surface area contributed by atoms with Gasteiger partial charge in [0, 0.05) is 24.0 Å². The summed E-state index contributed by atoms with van der Waals surface area (Å²) >= 11 is 1.41. The van der Waals surface area contributed by atoms with Crippen LogP contribution in [0, 0.1) is 0 Å². The number of nitrogens with zero attached hydrogens (tertiary/aromatic N) is 1. The van der Waals surface area contributed by atoms with Crippen LogP contribution >= 0.6 is 11.3 Å². The van der Waals surface area contributed by atoms with Crippen molar-refractivity contribution in [2.24, 2.45) is 5.73 Å². The van der Waals surface area contributed by atoms with Gasteiger partial charge in [-0.3, -0.25) is 4.79 Å². The fourth-order valence-electron chi connectivity index (χ4n) is 0.826. The molecular formula is C8H13N3OS. The number of aromatic nitrogens is 1. The van der Waals surface area contributed by atoms with Gasteiger partial charge in [0.1, 0.15) is 0 Å². The Morgan fingerprint density at radius 2 is 2.62 bits per heavy atom. The van der Waals surface area contributed by atoms with Gasteiger partial charge in [-0.15, -0.1) is 11.3 Å². The number of amides is 1. The van der Waals surface area contributed by atoms with E-state index in [1.807, 2.05) is 12.3 Å². The number of rotatable bonds is 4. The first-order valence-corrected chi connectivity index (χ1v) is 5.01. The van der Waals surface area contributed by atoms with Crippen molar-refractivity contribution >= 4 is 22.4 Å². The molecule has 0 aromatic carbocycles. The Morgan fingerprint density at radius 1 is 1.85 bits per heavy atom. The summed E-state index contributed by atoms with van der Waals surface area (Å²) in [5.41, 5.74) is 5.52. The van der Waals surface area contributed by atoms with E-state index in [0.29, 0.717) is 18.0 Å². The Balaban J connectivity index is 2.26. The summed E-state index contributed by atoms with van der Waals surface area (Å²) in [6.07, 6.45) is 2.82. The van der Waals surface area contributed by atoms with Gasteiger partial charge in [-0.1, -0.05) is 0 Å². The molecule has 0 aliphatic carbocycles. The Bertz CT molecular complexity index is 258. The molecule has 72 valence electrons. The van der Waals surface area contributed by atoms with Crippen molar-refractivity contribution in [3.05, 3.63) is 11.6 Å². The molecular weight excluding hydrogens is 186 g/mol. The molecule has 1 unspecified atom stereocenters. The van der Waals surface area contributed by atoms with Crippen LogP contribution in [0.3, 0.4) is 0 Å². The summed E-state index contributed by atoms with van der Waals surface area (Å²) in [4.78, 5) is 15.2.